The van der Waals surface area contributed by atoms with Crippen molar-refractivity contribution >= 4 is 50.9 Å². The molecule has 184 valence electrons. The van der Waals surface area contributed by atoms with Gasteiger partial charge in [-0.15, -0.1) is 0 Å². The monoisotopic (exact) mass is 574 g/mol. The van der Waals surface area contributed by atoms with Gasteiger partial charge in [-0.1, -0.05) is 87.7 Å². The summed E-state index contributed by atoms with van der Waals surface area (Å²) in [5.41, 5.74) is 2.11. The van der Waals surface area contributed by atoms with Crippen LogP contribution in [0.3, 0.4) is 0 Å². The zero-order chi connectivity index (χ0) is 25.6. The summed E-state index contributed by atoms with van der Waals surface area (Å²) in [6.07, 6.45) is 0.444. The molecule has 1 atom stereocenters. The molecule has 3 rings (SSSR count). The van der Waals surface area contributed by atoms with Crippen molar-refractivity contribution in [3.63, 3.8) is 0 Å². The highest BCUT2D eigenvalue weighted by Crippen LogP contribution is 2.24. The van der Waals surface area contributed by atoms with Gasteiger partial charge in [-0.3, -0.25) is 9.59 Å². The fraction of sp³-hybridized carbons (Fsp3) is 0.286. The van der Waals surface area contributed by atoms with E-state index in [9.17, 15) is 9.59 Å². The first kappa shape index (κ1) is 27.3. The Morgan fingerprint density at radius 2 is 1.60 bits per heavy atom. The Labute approximate surface area is 225 Å². The zero-order valence-electron chi connectivity index (χ0n) is 20.0. The van der Waals surface area contributed by atoms with E-state index >= 15 is 0 Å². The Morgan fingerprint density at radius 3 is 2.20 bits per heavy atom. The molecule has 3 aromatic rings. The molecule has 4 nitrogen and oxygen atoms in total. The normalized spacial score (nSPS) is 12.2. The van der Waals surface area contributed by atoms with Crippen molar-refractivity contribution in [1.82, 2.24) is 10.2 Å². The number of carbonyl (C=O) groups is 2. The first-order valence-corrected chi connectivity index (χ1v) is 12.9. The number of amides is 2. The van der Waals surface area contributed by atoms with E-state index in [1.807, 2.05) is 75.4 Å². The van der Waals surface area contributed by atoms with Gasteiger partial charge >= 0.3 is 0 Å². The van der Waals surface area contributed by atoms with Crippen LogP contribution in [0, 0.1) is 0 Å². The second-order valence-corrected chi connectivity index (χ2v) is 11.3. The molecular weight excluding hydrogens is 547 g/mol. The third-order valence-corrected chi connectivity index (χ3v) is 6.51. The van der Waals surface area contributed by atoms with E-state index in [1.54, 1.807) is 23.1 Å². The van der Waals surface area contributed by atoms with Crippen LogP contribution in [-0.4, -0.2) is 28.3 Å². The van der Waals surface area contributed by atoms with E-state index in [0.717, 1.165) is 15.6 Å². The van der Waals surface area contributed by atoms with Crippen LogP contribution in [0.25, 0.3) is 0 Å². The number of hydrogen-bond acceptors (Lipinski definition) is 2. The molecule has 1 N–H and O–H groups in total. The molecule has 0 aliphatic carbocycles. The van der Waals surface area contributed by atoms with Crippen molar-refractivity contribution in [3.05, 3.63) is 104 Å². The van der Waals surface area contributed by atoms with Crippen LogP contribution >= 0.6 is 39.1 Å². The van der Waals surface area contributed by atoms with Crippen LogP contribution in [0.4, 0.5) is 0 Å². The smallest absolute Gasteiger partial charge is 0.243 e. The molecule has 0 aliphatic heterocycles. The molecule has 0 saturated carbocycles. The highest BCUT2D eigenvalue weighted by Gasteiger charge is 2.32. The Balaban J connectivity index is 2.00. The highest BCUT2D eigenvalue weighted by molar-refractivity contribution is 9.10. The summed E-state index contributed by atoms with van der Waals surface area (Å²) >= 11 is 15.9. The number of hydrogen-bond donors (Lipinski definition) is 1. The molecule has 0 aromatic heterocycles. The van der Waals surface area contributed by atoms with Gasteiger partial charge in [0, 0.05) is 33.0 Å². The second-order valence-electron chi connectivity index (χ2n) is 9.51. The number of nitrogens with zero attached hydrogens (tertiary/aromatic N) is 1. The van der Waals surface area contributed by atoms with Crippen LogP contribution in [0.1, 0.15) is 37.5 Å². The zero-order valence-corrected chi connectivity index (χ0v) is 23.1. The summed E-state index contributed by atoms with van der Waals surface area (Å²) in [4.78, 5) is 29.0. The second kappa shape index (κ2) is 12.1. The molecule has 0 unspecified atom stereocenters. The summed E-state index contributed by atoms with van der Waals surface area (Å²) in [6.45, 7) is 6.07. The summed E-state index contributed by atoms with van der Waals surface area (Å²) in [7, 11) is 0. The lowest BCUT2D eigenvalue weighted by molar-refractivity contribution is -0.141. The minimum absolute atomic E-state index is 0.0562. The van der Waals surface area contributed by atoms with Crippen LogP contribution < -0.4 is 5.32 Å². The molecule has 3 aromatic carbocycles. The maximum absolute atomic E-state index is 13.8. The van der Waals surface area contributed by atoms with Gasteiger partial charge in [0.15, 0.2) is 0 Å². The Bertz CT molecular complexity index is 1160. The van der Waals surface area contributed by atoms with Crippen LogP contribution in [0.2, 0.25) is 10.0 Å². The number of nitrogens with one attached hydrogen (secondary N) is 1. The van der Waals surface area contributed by atoms with Crippen molar-refractivity contribution < 1.29 is 9.59 Å². The van der Waals surface area contributed by atoms with Gasteiger partial charge in [0.2, 0.25) is 11.8 Å². The minimum atomic E-state index is -0.709. The number of benzene rings is 3. The average Bonchev–Trinajstić information content (AvgIpc) is 2.78. The SMILES string of the molecule is CC(C)(C)NC(=O)[C@H](Cc1ccccc1)N(Cc1ccc(Br)cc1)C(=O)Cc1ccc(Cl)cc1Cl. The summed E-state index contributed by atoms with van der Waals surface area (Å²) in [6, 6.07) is 21.9. The number of halogens is 3. The van der Waals surface area contributed by atoms with E-state index in [4.69, 9.17) is 23.2 Å². The van der Waals surface area contributed by atoms with Crippen LogP contribution in [0.5, 0.6) is 0 Å². The fourth-order valence-corrected chi connectivity index (χ4v) is 4.46. The summed E-state index contributed by atoms with van der Waals surface area (Å²) in [5.74, 6) is -0.392. The van der Waals surface area contributed by atoms with E-state index in [-0.39, 0.29) is 24.8 Å². The van der Waals surface area contributed by atoms with E-state index < -0.39 is 11.6 Å². The van der Waals surface area contributed by atoms with Crippen molar-refractivity contribution in [1.29, 1.82) is 0 Å². The van der Waals surface area contributed by atoms with Gasteiger partial charge in [-0.2, -0.15) is 0 Å². The predicted octanol–water partition coefficient (Wildman–Crippen LogP) is 6.85. The van der Waals surface area contributed by atoms with E-state index in [1.165, 1.54) is 0 Å². The predicted molar refractivity (Wildman–Crippen MR) is 147 cm³/mol. The molecule has 0 aliphatic rings. The van der Waals surface area contributed by atoms with Gasteiger partial charge in [0.1, 0.15) is 6.04 Å². The molecule has 7 heteroatoms. The molecule has 35 heavy (non-hydrogen) atoms. The van der Waals surface area contributed by atoms with Crippen molar-refractivity contribution in [3.8, 4) is 0 Å². The van der Waals surface area contributed by atoms with Crippen molar-refractivity contribution in [2.45, 2.75) is 51.7 Å². The Hall–Kier alpha value is -2.34. The summed E-state index contributed by atoms with van der Waals surface area (Å²) < 4.78 is 0.943. The molecule has 2 amide bonds. The van der Waals surface area contributed by atoms with Crippen molar-refractivity contribution in [2.24, 2.45) is 0 Å². The molecule has 0 spiro atoms. The first-order valence-electron chi connectivity index (χ1n) is 11.4. The largest absolute Gasteiger partial charge is 0.350 e. The molecular formula is C28H29BrCl2N2O2. The maximum Gasteiger partial charge on any atom is 0.243 e. The lowest BCUT2D eigenvalue weighted by Gasteiger charge is -2.34. The van der Waals surface area contributed by atoms with Crippen molar-refractivity contribution in [2.75, 3.05) is 0 Å². The Kier molecular flexibility index (Phi) is 9.40. The fourth-order valence-electron chi connectivity index (χ4n) is 3.72. The van der Waals surface area contributed by atoms with E-state index in [2.05, 4.69) is 21.2 Å². The third kappa shape index (κ3) is 8.38. The standard InChI is InChI=1S/C28H29BrCl2N2O2/c1-28(2,3)32-27(35)25(15-19-7-5-4-6-8-19)33(18-20-9-12-22(29)13-10-20)26(34)16-21-11-14-23(30)17-24(21)31/h4-14,17,25H,15-16,18H2,1-3H3,(H,32,35)/t25-/m0/s1. The minimum Gasteiger partial charge on any atom is -0.350 e. The lowest BCUT2D eigenvalue weighted by Crippen LogP contribution is -2.54. The number of rotatable bonds is 8. The highest BCUT2D eigenvalue weighted by atomic mass is 79.9. The average molecular weight is 576 g/mol. The topological polar surface area (TPSA) is 49.4 Å². The van der Waals surface area contributed by atoms with Gasteiger partial charge in [0.25, 0.3) is 0 Å². The van der Waals surface area contributed by atoms with Gasteiger partial charge in [0.05, 0.1) is 6.42 Å². The van der Waals surface area contributed by atoms with Crippen LogP contribution in [-0.2, 0) is 29.0 Å². The molecule has 0 radical (unpaired) electrons. The maximum atomic E-state index is 13.8. The van der Waals surface area contributed by atoms with Crippen LogP contribution in [0.15, 0.2) is 77.3 Å². The molecule has 0 bridgehead atoms. The molecule has 0 heterocycles. The van der Waals surface area contributed by atoms with Gasteiger partial charge in [-0.05, 0) is 61.7 Å². The first-order chi connectivity index (χ1) is 16.5. The lowest BCUT2D eigenvalue weighted by atomic mass is 10.00. The molecule has 0 fully saturated rings. The summed E-state index contributed by atoms with van der Waals surface area (Å²) in [5, 5.41) is 4.00. The third-order valence-electron chi connectivity index (χ3n) is 5.39. The Morgan fingerprint density at radius 1 is 0.943 bits per heavy atom. The van der Waals surface area contributed by atoms with E-state index in [0.29, 0.717) is 22.0 Å². The number of carbonyl (C=O) groups excluding carboxylic acids is 2. The quantitative estimate of drug-likeness (QED) is 0.319. The van der Waals surface area contributed by atoms with Gasteiger partial charge in [-0.25, -0.2) is 0 Å². The van der Waals surface area contributed by atoms with Gasteiger partial charge < -0.3 is 10.2 Å². The molecule has 0 saturated heterocycles.